The van der Waals surface area contributed by atoms with E-state index < -0.39 is 0 Å². The van der Waals surface area contributed by atoms with Gasteiger partial charge >= 0.3 is 6.03 Å². The lowest BCUT2D eigenvalue weighted by molar-refractivity contribution is 0.0115. The third kappa shape index (κ3) is 5.34. The molecule has 1 aliphatic rings. The number of anilines is 1. The van der Waals surface area contributed by atoms with E-state index in [0.717, 1.165) is 19.3 Å². The van der Waals surface area contributed by atoms with Crippen molar-refractivity contribution < 1.29 is 14.3 Å². The van der Waals surface area contributed by atoms with Crippen LogP contribution < -0.4 is 5.32 Å². The molecule has 1 aromatic carbocycles. The molecule has 1 fully saturated rings. The van der Waals surface area contributed by atoms with Crippen LogP contribution in [0.25, 0.3) is 0 Å². The van der Waals surface area contributed by atoms with Gasteiger partial charge in [-0.15, -0.1) is 0 Å². The normalized spacial score (nSPS) is 17.3. The van der Waals surface area contributed by atoms with Crippen molar-refractivity contribution in [2.24, 2.45) is 0 Å². The lowest BCUT2D eigenvalue weighted by Gasteiger charge is -2.32. The van der Waals surface area contributed by atoms with E-state index in [1.54, 1.807) is 37.2 Å². The zero-order chi connectivity index (χ0) is 18.4. The predicted octanol–water partition coefficient (Wildman–Crippen LogP) is 3.46. The second-order valence-corrected chi connectivity index (χ2v) is 6.81. The number of nitrogens with one attached hydrogen (secondary N) is 1. The van der Waals surface area contributed by atoms with Crippen molar-refractivity contribution in [3.63, 3.8) is 0 Å². The molecular formula is C18H26ClN3O3. The Morgan fingerprint density at radius 1 is 1.40 bits per heavy atom. The topological polar surface area (TPSA) is 61.9 Å². The molecule has 1 aromatic rings. The summed E-state index contributed by atoms with van der Waals surface area (Å²) in [6, 6.07) is 4.74. The number of carbonyl (C=O) groups excluding carboxylic acids is 2. The minimum absolute atomic E-state index is 0.0931. The first-order valence-corrected chi connectivity index (χ1v) is 8.99. The van der Waals surface area contributed by atoms with E-state index in [1.807, 2.05) is 0 Å². The Labute approximate surface area is 154 Å². The summed E-state index contributed by atoms with van der Waals surface area (Å²) in [7, 11) is 3.32. The van der Waals surface area contributed by atoms with Gasteiger partial charge in [0.25, 0.3) is 5.91 Å². The SMILES string of the molecule is CCCO[C@H]1CCCN(C(=O)Nc2ccc(Cl)c(C(=O)N(C)C)c2)C1. The van der Waals surface area contributed by atoms with E-state index in [1.165, 1.54) is 4.90 Å². The zero-order valence-corrected chi connectivity index (χ0v) is 15.8. The predicted molar refractivity (Wildman–Crippen MR) is 99.3 cm³/mol. The van der Waals surface area contributed by atoms with Crippen LogP contribution in [0.5, 0.6) is 0 Å². The molecule has 6 nitrogen and oxygen atoms in total. The monoisotopic (exact) mass is 367 g/mol. The molecule has 0 radical (unpaired) electrons. The summed E-state index contributed by atoms with van der Waals surface area (Å²) in [4.78, 5) is 27.9. The van der Waals surface area contributed by atoms with Crippen molar-refractivity contribution in [3.05, 3.63) is 28.8 Å². The molecule has 1 saturated heterocycles. The van der Waals surface area contributed by atoms with Crippen LogP contribution in [0.15, 0.2) is 18.2 Å². The third-order valence-corrected chi connectivity index (χ3v) is 4.41. The Kier molecular flexibility index (Phi) is 7.08. The van der Waals surface area contributed by atoms with Crippen molar-refractivity contribution in [2.45, 2.75) is 32.3 Å². The average molecular weight is 368 g/mol. The van der Waals surface area contributed by atoms with Gasteiger partial charge in [-0.05, 0) is 37.5 Å². The Bertz CT molecular complexity index is 622. The summed E-state index contributed by atoms with van der Waals surface area (Å²) in [6.45, 7) is 4.07. The molecule has 1 aliphatic heterocycles. The smallest absolute Gasteiger partial charge is 0.321 e. The number of amides is 3. The molecule has 0 spiro atoms. The van der Waals surface area contributed by atoms with Gasteiger partial charge in [-0.1, -0.05) is 18.5 Å². The number of piperidine rings is 1. The number of hydrogen-bond acceptors (Lipinski definition) is 3. The van der Waals surface area contributed by atoms with Gasteiger partial charge in [0.1, 0.15) is 0 Å². The fourth-order valence-electron chi connectivity index (χ4n) is 2.75. The minimum Gasteiger partial charge on any atom is -0.376 e. The summed E-state index contributed by atoms with van der Waals surface area (Å²) in [6.07, 6.45) is 2.96. The first kappa shape index (κ1) is 19.5. The van der Waals surface area contributed by atoms with Gasteiger partial charge in [-0.25, -0.2) is 4.79 Å². The van der Waals surface area contributed by atoms with Gasteiger partial charge in [-0.3, -0.25) is 4.79 Å². The second kappa shape index (κ2) is 9.06. The van der Waals surface area contributed by atoms with Crippen molar-refractivity contribution in [2.75, 3.05) is 39.1 Å². The third-order valence-electron chi connectivity index (χ3n) is 4.08. The summed E-state index contributed by atoms with van der Waals surface area (Å²) in [5.41, 5.74) is 0.920. The molecule has 0 unspecified atom stereocenters. The van der Waals surface area contributed by atoms with E-state index in [0.29, 0.717) is 36.0 Å². The molecule has 1 atom stereocenters. The summed E-state index contributed by atoms with van der Waals surface area (Å²) in [5, 5.41) is 3.22. The van der Waals surface area contributed by atoms with Gasteiger partial charge in [0.15, 0.2) is 0 Å². The van der Waals surface area contributed by atoms with Gasteiger partial charge < -0.3 is 19.9 Å². The minimum atomic E-state index is -0.202. The number of halogens is 1. The molecule has 25 heavy (non-hydrogen) atoms. The molecule has 1 N–H and O–H groups in total. The molecule has 138 valence electrons. The van der Waals surface area contributed by atoms with Gasteiger partial charge in [0.2, 0.25) is 0 Å². The lowest BCUT2D eigenvalue weighted by Crippen LogP contribution is -2.45. The van der Waals surface area contributed by atoms with Crippen LogP contribution >= 0.6 is 11.6 Å². The van der Waals surface area contributed by atoms with Crippen molar-refractivity contribution in [1.82, 2.24) is 9.80 Å². The van der Waals surface area contributed by atoms with Gasteiger partial charge in [0, 0.05) is 39.5 Å². The highest BCUT2D eigenvalue weighted by molar-refractivity contribution is 6.34. The van der Waals surface area contributed by atoms with Crippen LogP contribution in [0.2, 0.25) is 5.02 Å². The fraction of sp³-hybridized carbons (Fsp3) is 0.556. The molecular weight excluding hydrogens is 342 g/mol. The number of hydrogen-bond donors (Lipinski definition) is 1. The van der Waals surface area contributed by atoms with E-state index in [9.17, 15) is 9.59 Å². The lowest BCUT2D eigenvalue weighted by atomic mass is 10.1. The van der Waals surface area contributed by atoms with Crippen molar-refractivity contribution in [1.29, 1.82) is 0 Å². The second-order valence-electron chi connectivity index (χ2n) is 6.41. The quantitative estimate of drug-likeness (QED) is 0.866. The number of ether oxygens (including phenoxy) is 1. The van der Waals surface area contributed by atoms with Crippen molar-refractivity contribution >= 4 is 29.2 Å². The molecule has 3 amide bonds. The Morgan fingerprint density at radius 2 is 2.16 bits per heavy atom. The highest BCUT2D eigenvalue weighted by Crippen LogP contribution is 2.22. The first-order valence-electron chi connectivity index (χ1n) is 8.61. The number of urea groups is 1. The van der Waals surface area contributed by atoms with E-state index in [2.05, 4.69) is 12.2 Å². The van der Waals surface area contributed by atoms with Crippen LogP contribution in [0.4, 0.5) is 10.5 Å². The summed E-state index contributed by atoms with van der Waals surface area (Å²) >= 11 is 6.10. The largest absolute Gasteiger partial charge is 0.376 e. The van der Waals surface area contributed by atoms with Gasteiger partial charge in [0.05, 0.1) is 16.7 Å². The van der Waals surface area contributed by atoms with Crippen LogP contribution in [0.3, 0.4) is 0 Å². The van der Waals surface area contributed by atoms with Crippen LogP contribution in [-0.4, -0.2) is 61.6 Å². The molecule has 0 bridgehead atoms. The number of nitrogens with zero attached hydrogens (tertiary/aromatic N) is 2. The zero-order valence-electron chi connectivity index (χ0n) is 15.0. The highest BCUT2D eigenvalue weighted by Gasteiger charge is 2.24. The molecule has 7 heteroatoms. The van der Waals surface area contributed by atoms with E-state index in [-0.39, 0.29) is 18.0 Å². The Hall–Kier alpha value is -1.79. The maximum absolute atomic E-state index is 12.5. The first-order chi connectivity index (χ1) is 11.9. The van der Waals surface area contributed by atoms with E-state index >= 15 is 0 Å². The molecule has 0 aromatic heterocycles. The Morgan fingerprint density at radius 3 is 2.84 bits per heavy atom. The molecule has 1 heterocycles. The number of rotatable bonds is 5. The molecule has 0 saturated carbocycles. The summed E-state index contributed by atoms with van der Waals surface area (Å²) in [5.74, 6) is -0.202. The molecule has 2 rings (SSSR count). The molecule has 0 aliphatic carbocycles. The van der Waals surface area contributed by atoms with Crippen molar-refractivity contribution in [3.8, 4) is 0 Å². The fourth-order valence-corrected chi connectivity index (χ4v) is 2.95. The van der Waals surface area contributed by atoms with Crippen LogP contribution in [0.1, 0.15) is 36.5 Å². The number of benzene rings is 1. The average Bonchev–Trinajstić information content (AvgIpc) is 2.61. The summed E-state index contributed by atoms with van der Waals surface area (Å²) < 4.78 is 5.77. The van der Waals surface area contributed by atoms with Crippen LogP contribution in [0, 0.1) is 0 Å². The van der Waals surface area contributed by atoms with E-state index in [4.69, 9.17) is 16.3 Å². The number of likely N-dealkylation sites (tertiary alicyclic amines) is 1. The standard InChI is InChI=1S/C18H26ClN3O3/c1-4-10-25-14-6-5-9-22(12-14)18(24)20-13-7-8-16(19)15(11-13)17(23)21(2)3/h7-8,11,14H,4-6,9-10,12H2,1-3H3,(H,20,24)/t14-/m0/s1. The van der Waals surface area contributed by atoms with Crippen LogP contribution in [-0.2, 0) is 4.74 Å². The maximum Gasteiger partial charge on any atom is 0.321 e. The highest BCUT2D eigenvalue weighted by atomic mass is 35.5. The number of carbonyl (C=O) groups is 2. The Balaban J connectivity index is 2.02. The maximum atomic E-state index is 12.5. The van der Waals surface area contributed by atoms with Gasteiger partial charge in [-0.2, -0.15) is 0 Å².